The van der Waals surface area contributed by atoms with E-state index in [1.807, 2.05) is 36.6 Å². The fourth-order valence-corrected chi connectivity index (χ4v) is 2.62. The van der Waals surface area contributed by atoms with Crippen LogP contribution >= 0.6 is 11.8 Å². The minimum atomic E-state index is -0.662. The molecule has 0 saturated heterocycles. The molecule has 2 N–H and O–H groups in total. The lowest BCUT2D eigenvalue weighted by Crippen LogP contribution is -2.47. The molecule has 1 aromatic heterocycles. The first-order valence-corrected chi connectivity index (χ1v) is 9.12. The summed E-state index contributed by atoms with van der Waals surface area (Å²) in [7, 11) is 0. The van der Waals surface area contributed by atoms with E-state index in [9.17, 15) is 9.59 Å². The van der Waals surface area contributed by atoms with Crippen LogP contribution in [0.3, 0.4) is 0 Å². The van der Waals surface area contributed by atoms with E-state index >= 15 is 0 Å². The molecule has 1 heterocycles. The van der Waals surface area contributed by atoms with Crippen LogP contribution in [0.15, 0.2) is 36.4 Å². The zero-order valence-electron chi connectivity index (χ0n) is 13.7. The molecule has 2 rings (SSSR count). The van der Waals surface area contributed by atoms with Crippen LogP contribution in [0.2, 0.25) is 0 Å². The second-order valence-electron chi connectivity index (χ2n) is 5.10. The van der Waals surface area contributed by atoms with Crippen molar-refractivity contribution in [3.8, 4) is 0 Å². The number of nitrogens with one attached hydrogen (secondary N) is 2. The van der Waals surface area contributed by atoms with Crippen molar-refractivity contribution in [2.75, 3.05) is 18.6 Å². The van der Waals surface area contributed by atoms with E-state index in [1.54, 1.807) is 24.8 Å². The Hall–Kier alpha value is -2.12. The topological polar surface area (TPSA) is 80.3 Å². The van der Waals surface area contributed by atoms with Crippen molar-refractivity contribution in [2.45, 2.75) is 19.4 Å². The number of fused-ring (bicyclic) bond motifs is 1. The molecule has 0 spiro atoms. The fraction of sp³-hybridized carbons (Fsp3) is 0.353. The lowest BCUT2D eigenvalue weighted by Gasteiger charge is -2.17. The summed E-state index contributed by atoms with van der Waals surface area (Å²) in [6.07, 6.45) is 2.46. The molecule has 0 unspecified atom stereocenters. The minimum absolute atomic E-state index is 0.284. The first kappa shape index (κ1) is 18.2. The van der Waals surface area contributed by atoms with E-state index < -0.39 is 6.04 Å². The Balaban J connectivity index is 2.10. The second kappa shape index (κ2) is 9.24. The Morgan fingerprint density at radius 3 is 2.79 bits per heavy atom. The van der Waals surface area contributed by atoms with Crippen molar-refractivity contribution in [2.24, 2.45) is 0 Å². The molecule has 0 aliphatic rings. The number of hydrogen-bond donors (Lipinski definition) is 2. The number of benzene rings is 1. The van der Waals surface area contributed by atoms with Gasteiger partial charge in [0.15, 0.2) is 0 Å². The molecule has 0 aliphatic heterocycles. The Morgan fingerprint density at radius 1 is 1.25 bits per heavy atom. The molecule has 1 aromatic carbocycles. The molecule has 0 saturated carbocycles. The lowest BCUT2D eigenvalue weighted by atomic mass is 10.1. The SMILES string of the molecule is CCONC(=O)[C@H](CCSC)NC(=O)c1ccc2ccccc2n1. The summed E-state index contributed by atoms with van der Waals surface area (Å²) in [5, 5.41) is 3.69. The van der Waals surface area contributed by atoms with Gasteiger partial charge in [-0.25, -0.2) is 10.5 Å². The van der Waals surface area contributed by atoms with E-state index in [-0.39, 0.29) is 17.5 Å². The number of amides is 2. The van der Waals surface area contributed by atoms with Crippen molar-refractivity contribution in [3.63, 3.8) is 0 Å². The lowest BCUT2D eigenvalue weighted by molar-refractivity contribution is -0.135. The largest absolute Gasteiger partial charge is 0.339 e. The molecule has 1 atom stereocenters. The second-order valence-corrected chi connectivity index (χ2v) is 6.08. The number of aromatic nitrogens is 1. The van der Waals surface area contributed by atoms with E-state index in [0.29, 0.717) is 13.0 Å². The smallest absolute Gasteiger partial charge is 0.270 e. The highest BCUT2D eigenvalue weighted by Crippen LogP contribution is 2.12. The maximum absolute atomic E-state index is 12.4. The van der Waals surface area contributed by atoms with Gasteiger partial charge in [0.25, 0.3) is 11.8 Å². The average Bonchev–Trinajstić information content (AvgIpc) is 2.62. The maximum Gasteiger partial charge on any atom is 0.270 e. The van der Waals surface area contributed by atoms with E-state index in [1.165, 1.54) is 0 Å². The van der Waals surface area contributed by atoms with Crippen LogP contribution in [0.25, 0.3) is 10.9 Å². The van der Waals surface area contributed by atoms with E-state index in [0.717, 1.165) is 16.7 Å². The molecule has 7 heteroatoms. The van der Waals surface area contributed by atoms with Gasteiger partial charge in [-0.05, 0) is 37.5 Å². The highest BCUT2D eigenvalue weighted by Gasteiger charge is 2.22. The van der Waals surface area contributed by atoms with Crippen LogP contribution in [-0.4, -0.2) is 41.5 Å². The number of pyridine rings is 1. The molecule has 0 radical (unpaired) electrons. The van der Waals surface area contributed by atoms with Crippen LogP contribution in [0, 0.1) is 0 Å². The standard InChI is InChI=1S/C17H21N3O3S/c1-3-23-20-17(22)15(10-11-24-2)19-16(21)14-9-8-12-6-4-5-7-13(12)18-14/h4-9,15H,3,10-11H2,1-2H3,(H,19,21)(H,20,22)/t15-/m0/s1. The normalized spacial score (nSPS) is 11.9. The number of hydroxylamine groups is 1. The number of carbonyl (C=O) groups is 2. The molecule has 0 aliphatic carbocycles. The zero-order valence-corrected chi connectivity index (χ0v) is 14.6. The zero-order chi connectivity index (χ0) is 17.4. The molecule has 6 nitrogen and oxygen atoms in total. The van der Waals surface area contributed by atoms with Crippen molar-refractivity contribution in [1.82, 2.24) is 15.8 Å². The van der Waals surface area contributed by atoms with Gasteiger partial charge in [-0.2, -0.15) is 11.8 Å². The Labute approximate surface area is 145 Å². The number of rotatable bonds is 8. The number of nitrogens with zero attached hydrogens (tertiary/aromatic N) is 1. The van der Waals surface area contributed by atoms with Gasteiger partial charge in [0, 0.05) is 5.39 Å². The van der Waals surface area contributed by atoms with Crippen LogP contribution in [0.5, 0.6) is 0 Å². The summed E-state index contributed by atoms with van der Waals surface area (Å²) in [4.78, 5) is 33.8. The highest BCUT2D eigenvalue weighted by atomic mass is 32.2. The minimum Gasteiger partial charge on any atom is -0.339 e. The van der Waals surface area contributed by atoms with E-state index in [4.69, 9.17) is 4.84 Å². The van der Waals surface area contributed by atoms with Crippen LogP contribution in [-0.2, 0) is 9.63 Å². The highest BCUT2D eigenvalue weighted by molar-refractivity contribution is 7.98. The van der Waals surface area contributed by atoms with Crippen LogP contribution < -0.4 is 10.8 Å². The summed E-state index contributed by atoms with van der Waals surface area (Å²) in [5.41, 5.74) is 3.37. The first-order chi connectivity index (χ1) is 11.7. The number of carbonyl (C=O) groups excluding carboxylic acids is 2. The van der Waals surface area contributed by atoms with Crippen molar-refractivity contribution in [1.29, 1.82) is 0 Å². The van der Waals surface area contributed by atoms with Gasteiger partial charge >= 0.3 is 0 Å². The third-order valence-electron chi connectivity index (χ3n) is 3.38. The van der Waals surface area contributed by atoms with Gasteiger partial charge in [0.2, 0.25) is 0 Å². The Bertz CT molecular complexity index is 708. The predicted molar refractivity (Wildman–Crippen MR) is 95.8 cm³/mol. The van der Waals surface area contributed by atoms with Gasteiger partial charge in [0.05, 0.1) is 12.1 Å². The Morgan fingerprint density at radius 2 is 2.04 bits per heavy atom. The average molecular weight is 347 g/mol. The van der Waals surface area contributed by atoms with Crippen molar-refractivity contribution < 1.29 is 14.4 Å². The summed E-state index contributed by atoms with van der Waals surface area (Å²) in [6, 6.07) is 10.4. The molecule has 2 aromatic rings. The number of hydrogen-bond acceptors (Lipinski definition) is 5. The van der Waals surface area contributed by atoms with E-state index in [2.05, 4.69) is 15.8 Å². The third-order valence-corrected chi connectivity index (χ3v) is 4.02. The van der Waals surface area contributed by atoms with Crippen LogP contribution in [0.4, 0.5) is 0 Å². The molecule has 0 bridgehead atoms. The van der Waals surface area contributed by atoms with Crippen molar-refractivity contribution in [3.05, 3.63) is 42.1 Å². The van der Waals surface area contributed by atoms with Gasteiger partial charge in [-0.1, -0.05) is 24.3 Å². The summed E-state index contributed by atoms with van der Waals surface area (Å²) in [5.74, 6) is 0.00822. The third kappa shape index (κ3) is 4.94. The van der Waals surface area contributed by atoms with Gasteiger partial charge in [0.1, 0.15) is 11.7 Å². The number of para-hydroxylation sites is 1. The van der Waals surface area contributed by atoms with Crippen molar-refractivity contribution >= 4 is 34.5 Å². The fourth-order valence-electron chi connectivity index (χ4n) is 2.14. The van der Waals surface area contributed by atoms with Gasteiger partial charge in [-0.3, -0.25) is 14.4 Å². The Kier molecular flexibility index (Phi) is 7.02. The molecular weight excluding hydrogens is 326 g/mol. The molecule has 24 heavy (non-hydrogen) atoms. The van der Waals surface area contributed by atoms with Gasteiger partial charge < -0.3 is 5.32 Å². The molecular formula is C17H21N3O3S. The van der Waals surface area contributed by atoms with Crippen LogP contribution in [0.1, 0.15) is 23.8 Å². The molecule has 2 amide bonds. The summed E-state index contributed by atoms with van der Waals surface area (Å²) >= 11 is 1.61. The maximum atomic E-state index is 12.4. The predicted octanol–water partition coefficient (Wildman–Crippen LogP) is 2.15. The number of thioether (sulfide) groups is 1. The summed E-state index contributed by atoms with van der Waals surface area (Å²) < 4.78 is 0. The monoisotopic (exact) mass is 347 g/mol. The van der Waals surface area contributed by atoms with Gasteiger partial charge in [-0.15, -0.1) is 0 Å². The molecule has 128 valence electrons. The summed E-state index contributed by atoms with van der Waals surface area (Å²) in [6.45, 7) is 2.13. The quantitative estimate of drug-likeness (QED) is 0.715. The molecule has 0 fully saturated rings. The first-order valence-electron chi connectivity index (χ1n) is 7.73.